The minimum Gasteiger partial charge on any atom is -0.453 e. The van der Waals surface area contributed by atoms with Crippen LogP contribution in [0.2, 0.25) is 0 Å². The van der Waals surface area contributed by atoms with E-state index in [1.807, 2.05) is 12.1 Å². The molecule has 0 saturated carbocycles. The summed E-state index contributed by atoms with van der Waals surface area (Å²) in [7, 11) is 2.90. The van der Waals surface area contributed by atoms with Gasteiger partial charge in [0.05, 0.1) is 13.7 Å². The topological polar surface area (TPSA) is 78.0 Å². The van der Waals surface area contributed by atoms with E-state index in [1.165, 1.54) is 12.0 Å². The first kappa shape index (κ1) is 24.3. The summed E-state index contributed by atoms with van der Waals surface area (Å²) in [5.41, 5.74) is 1.57. The summed E-state index contributed by atoms with van der Waals surface area (Å²) in [6.45, 7) is 0.331. The largest absolute Gasteiger partial charge is 0.453 e. The number of halogens is 4. The fourth-order valence-electron chi connectivity index (χ4n) is 2.80. The normalized spacial score (nSPS) is 17.6. The number of nitrogens with one attached hydrogen (secondary N) is 3. The first-order valence-electron chi connectivity index (χ1n) is 8.49. The number of carbonyl (C=O) groups is 1. The number of ether oxygens (including phenoxy) is 1. The Balaban J connectivity index is 0.00000392. The van der Waals surface area contributed by atoms with Crippen molar-refractivity contribution in [1.82, 2.24) is 15.5 Å². The molecule has 0 radical (unpaired) electrons. The van der Waals surface area contributed by atoms with Crippen molar-refractivity contribution in [3.63, 3.8) is 0 Å². The molecule has 1 heterocycles. The Labute approximate surface area is 179 Å². The fraction of sp³-hybridized carbons (Fsp3) is 0.529. The summed E-state index contributed by atoms with van der Waals surface area (Å²) >= 11 is 0. The van der Waals surface area contributed by atoms with Crippen LogP contribution in [0.3, 0.4) is 0 Å². The second-order valence-electron chi connectivity index (χ2n) is 6.22. The van der Waals surface area contributed by atoms with Crippen LogP contribution < -0.4 is 16.0 Å². The Kier molecular flexibility index (Phi) is 9.79. The number of guanidine groups is 1. The second kappa shape index (κ2) is 11.3. The number of amides is 1. The number of rotatable bonds is 5. The molecule has 1 aromatic rings. The Bertz CT molecular complexity index is 655. The maximum Gasteiger partial charge on any atom is 0.411 e. The average molecular weight is 515 g/mol. The van der Waals surface area contributed by atoms with Crippen LogP contribution in [0.4, 0.5) is 23.7 Å². The average Bonchev–Trinajstić information content (AvgIpc) is 3.04. The van der Waals surface area contributed by atoms with Crippen molar-refractivity contribution in [2.45, 2.75) is 25.2 Å². The highest BCUT2D eigenvalue weighted by Gasteiger charge is 2.34. The minimum absolute atomic E-state index is 0. The van der Waals surface area contributed by atoms with Gasteiger partial charge in [0.2, 0.25) is 0 Å². The molecule has 0 spiro atoms. The Hall–Kier alpha value is -1.76. The first-order chi connectivity index (χ1) is 12.8. The zero-order valence-corrected chi connectivity index (χ0v) is 18.0. The zero-order valence-electron chi connectivity index (χ0n) is 15.7. The molecule has 1 aromatic carbocycles. The third kappa shape index (κ3) is 8.50. The SMILES string of the molecule is CN=C(NCc1ccc(NC(=O)OC)cc1)NC1CCN(CC(F)(F)F)C1.I. The fourth-order valence-corrected chi connectivity index (χ4v) is 2.80. The van der Waals surface area contributed by atoms with Crippen LogP contribution in [-0.2, 0) is 11.3 Å². The third-order valence-corrected chi connectivity index (χ3v) is 4.09. The van der Waals surface area contributed by atoms with Crippen LogP contribution in [0, 0.1) is 0 Å². The van der Waals surface area contributed by atoms with Crippen LogP contribution in [-0.4, -0.2) is 63.0 Å². The quantitative estimate of drug-likeness (QED) is 0.320. The van der Waals surface area contributed by atoms with E-state index in [2.05, 4.69) is 25.7 Å². The lowest BCUT2D eigenvalue weighted by molar-refractivity contribution is -0.143. The first-order valence-corrected chi connectivity index (χ1v) is 8.49. The molecule has 1 fully saturated rings. The van der Waals surface area contributed by atoms with Gasteiger partial charge >= 0.3 is 12.3 Å². The van der Waals surface area contributed by atoms with Crippen molar-refractivity contribution in [2.75, 3.05) is 39.1 Å². The minimum atomic E-state index is -4.18. The molecule has 1 unspecified atom stereocenters. The number of aliphatic imine (C=N–C) groups is 1. The van der Waals surface area contributed by atoms with Gasteiger partial charge in [-0.1, -0.05) is 12.1 Å². The van der Waals surface area contributed by atoms with E-state index in [0.29, 0.717) is 37.7 Å². The molecule has 158 valence electrons. The summed E-state index contributed by atoms with van der Waals surface area (Å²) in [5.74, 6) is 0.533. The van der Waals surface area contributed by atoms with Crippen molar-refractivity contribution in [2.24, 2.45) is 4.99 Å². The van der Waals surface area contributed by atoms with Gasteiger partial charge in [0.15, 0.2) is 5.96 Å². The number of nitrogens with zero attached hydrogens (tertiary/aromatic N) is 2. The van der Waals surface area contributed by atoms with Gasteiger partial charge in [-0.15, -0.1) is 24.0 Å². The molecule has 2 rings (SSSR count). The van der Waals surface area contributed by atoms with Crippen molar-refractivity contribution in [3.05, 3.63) is 29.8 Å². The molecular weight excluding hydrogens is 490 g/mol. The molecular formula is C17H25F3IN5O2. The third-order valence-electron chi connectivity index (χ3n) is 4.09. The molecule has 0 aromatic heterocycles. The van der Waals surface area contributed by atoms with Crippen LogP contribution in [0.1, 0.15) is 12.0 Å². The summed E-state index contributed by atoms with van der Waals surface area (Å²) in [6, 6.07) is 7.09. The van der Waals surface area contributed by atoms with Gasteiger partial charge in [0.25, 0.3) is 0 Å². The van der Waals surface area contributed by atoms with E-state index in [-0.39, 0.29) is 30.0 Å². The van der Waals surface area contributed by atoms with E-state index in [0.717, 1.165) is 5.56 Å². The van der Waals surface area contributed by atoms with Crippen LogP contribution in [0.25, 0.3) is 0 Å². The van der Waals surface area contributed by atoms with Gasteiger partial charge in [-0.25, -0.2) is 4.79 Å². The lowest BCUT2D eigenvalue weighted by atomic mass is 10.2. The van der Waals surface area contributed by atoms with Gasteiger partial charge in [-0.2, -0.15) is 13.2 Å². The standard InChI is InChI=1S/C17H24F3N5O2.HI/c1-21-15(23-14-7-8-25(10-14)11-17(18,19)20)22-9-12-3-5-13(6-4-12)24-16(26)27-2;/h3-6,14H,7-11H2,1-2H3,(H,24,26)(H2,21,22,23);1H. The van der Waals surface area contributed by atoms with Crippen LogP contribution in [0.5, 0.6) is 0 Å². The Morgan fingerprint density at radius 1 is 1.32 bits per heavy atom. The molecule has 1 aliphatic heterocycles. The predicted molar refractivity (Wildman–Crippen MR) is 112 cm³/mol. The van der Waals surface area contributed by atoms with E-state index in [4.69, 9.17) is 0 Å². The molecule has 1 amide bonds. The molecule has 11 heteroatoms. The van der Waals surface area contributed by atoms with Gasteiger partial charge < -0.3 is 15.4 Å². The number of methoxy groups -OCH3 is 1. The molecule has 1 atom stereocenters. The highest BCUT2D eigenvalue weighted by Crippen LogP contribution is 2.19. The lowest BCUT2D eigenvalue weighted by Crippen LogP contribution is -2.44. The molecule has 0 bridgehead atoms. The van der Waals surface area contributed by atoms with E-state index in [9.17, 15) is 18.0 Å². The number of anilines is 1. The van der Waals surface area contributed by atoms with E-state index < -0.39 is 18.8 Å². The molecule has 7 nitrogen and oxygen atoms in total. The Morgan fingerprint density at radius 3 is 2.57 bits per heavy atom. The van der Waals surface area contributed by atoms with Gasteiger partial charge in [0, 0.05) is 38.4 Å². The monoisotopic (exact) mass is 515 g/mol. The number of carbonyl (C=O) groups excluding carboxylic acids is 1. The van der Waals surface area contributed by atoms with E-state index in [1.54, 1.807) is 19.2 Å². The van der Waals surface area contributed by atoms with Gasteiger partial charge in [0.1, 0.15) is 0 Å². The number of hydrogen-bond donors (Lipinski definition) is 3. The van der Waals surface area contributed by atoms with Crippen molar-refractivity contribution < 1.29 is 22.7 Å². The number of hydrogen-bond acceptors (Lipinski definition) is 4. The highest BCUT2D eigenvalue weighted by molar-refractivity contribution is 14.0. The van der Waals surface area contributed by atoms with Gasteiger partial charge in [-0.3, -0.25) is 15.2 Å². The molecule has 3 N–H and O–H groups in total. The van der Waals surface area contributed by atoms with Crippen molar-refractivity contribution in [3.8, 4) is 0 Å². The lowest BCUT2D eigenvalue weighted by Gasteiger charge is -2.20. The smallest absolute Gasteiger partial charge is 0.411 e. The maximum atomic E-state index is 12.5. The summed E-state index contributed by atoms with van der Waals surface area (Å²) in [4.78, 5) is 16.7. The second-order valence-corrected chi connectivity index (χ2v) is 6.22. The predicted octanol–water partition coefficient (Wildman–Crippen LogP) is 2.78. The maximum absolute atomic E-state index is 12.5. The summed E-state index contributed by atoms with van der Waals surface area (Å²) < 4.78 is 41.9. The highest BCUT2D eigenvalue weighted by atomic mass is 127. The van der Waals surface area contributed by atoms with Crippen molar-refractivity contribution in [1.29, 1.82) is 0 Å². The molecule has 28 heavy (non-hydrogen) atoms. The van der Waals surface area contributed by atoms with Crippen LogP contribution >= 0.6 is 24.0 Å². The molecule has 1 aliphatic rings. The summed E-state index contributed by atoms with van der Waals surface area (Å²) in [6.07, 6.45) is -4.09. The van der Waals surface area contributed by atoms with Gasteiger partial charge in [-0.05, 0) is 24.1 Å². The Morgan fingerprint density at radius 2 is 2.00 bits per heavy atom. The summed E-state index contributed by atoms with van der Waals surface area (Å²) in [5, 5.41) is 8.85. The van der Waals surface area contributed by atoms with Crippen molar-refractivity contribution >= 4 is 41.7 Å². The number of likely N-dealkylation sites (tertiary alicyclic amines) is 1. The molecule has 1 saturated heterocycles. The van der Waals surface area contributed by atoms with Crippen LogP contribution in [0.15, 0.2) is 29.3 Å². The molecule has 0 aliphatic carbocycles. The number of alkyl halides is 3. The van der Waals surface area contributed by atoms with E-state index >= 15 is 0 Å². The zero-order chi connectivity index (χ0) is 19.9. The number of benzene rings is 1.